The Morgan fingerprint density at radius 3 is 2.47 bits per heavy atom. The summed E-state index contributed by atoms with van der Waals surface area (Å²) >= 11 is 6.09. The minimum absolute atomic E-state index is 0.0884. The largest absolute Gasteiger partial charge is 0.493 e. The van der Waals surface area contributed by atoms with Crippen LogP contribution in [-0.2, 0) is 0 Å². The lowest BCUT2D eigenvalue weighted by atomic mass is 9.60. The molecule has 1 heterocycles. The number of hydrogen-bond acceptors (Lipinski definition) is 4. The van der Waals surface area contributed by atoms with Gasteiger partial charge in [-0.25, -0.2) is 4.39 Å². The number of benzene rings is 2. The smallest absolute Gasteiger partial charge is 0.255 e. The minimum atomic E-state index is -0.486. The lowest BCUT2D eigenvalue weighted by molar-refractivity contribution is 0.00859. The molecule has 0 atom stereocenters. The number of piperidine rings is 1. The molecule has 3 fully saturated rings. The van der Waals surface area contributed by atoms with Crippen molar-refractivity contribution < 1.29 is 23.5 Å². The number of nitrogens with one attached hydrogen (secondary N) is 1. The van der Waals surface area contributed by atoms with Crippen molar-refractivity contribution in [1.29, 1.82) is 0 Å². The first-order valence-corrected chi connectivity index (χ1v) is 13.2. The Morgan fingerprint density at radius 2 is 1.81 bits per heavy atom. The van der Waals surface area contributed by atoms with Crippen LogP contribution < -0.4 is 14.8 Å². The van der Waals surface area contributed by atoms with E-state index in [9.17, 15) is 14.0 Å². The molecule has 0 unspecified atom stereocenters. The van der Waals surface area contributed by atoms with Gasteiger partial charge in [0.1, 0.15) is 5.75 Å². The third kappa shape index (κ3) is 5.46. The maximum Gasteiger partial charge on any atom is 0.255 e. The Labute approximate surface area is 216 Å². The van der Waals surface area contributed by atoms with Gasteiger partial charge in [-0.15, -0.1) is 0 Å². The maximum absolute atomic E-state index is 14.4. The van der Waals surface area contributed by atoms with Crippen LogP contribution in [0.4, 0.5) is 4.39 Å². The summed E-state index contributed by atoms with van der Waals surface area (Å²) < 4.78 is 25.6. The van der Waals surface area contributed by atoms with E-state index in [1.807, 2.05) is 6.92 Å². The summed E-state index contributed by atoms with van der Waals surface area (Å²) in [6.07, 6.45) is 5.78. The average molecular weight is 515 g/mol. The number of hydrogen-bond donors (Lipinski definition) is 1. The van der Waals surface area contributed by atoms with Crippen molar-refractivity contribution in [2.24, 2.45) is 11.3 Å². The van der Waals surface area contributed by atoms with Gasteiger partial charge in [-0.1, -0.05) is 11.6 Å². The number of carbonyl (C=O) groups excluding carboxylic acids is 2. The van der Waals surface area contributed by atoms with E-state index in [2.05, 4.69) is 5.32 Å². The van der Waals surface area contributed by atoms with E-state index >= 15 is 0 Å². The van der Waals surface area contributed by atoms with Crippen LogP contribution in [0.5, 0.6) is 11.5 Å². The van der Waals surface area contributed by atoms with E-state index in [0.717, 1.165) is 38.5 Å². The van der Waals surface area contributed by atoms with Crippen LogP contribution in [0.1, 0.15) is 66.2 Å². The highest BCUT2D eigenvalue weighted by Crippen LogP contribution is 2.49. The molecule has 1 N–H and O–H groups in total. The molecule has 1 saturated heterocycles. The molecule has 2 saturated carbocycles. The van der Waals surface area contributed by atoms with Crippen molar-refractivity contribution in [2.45, 2.75) is 51.5 Å². The van der Waals surface area contributed by atoms with Crippen LogP contribution in [0, 0.1) is 17.2 Å². The molecule has 2 amide bonds. The first-order chi connectivity index (χ1) is 17.4. The second kappa shape index (κ2) is 10.3. The maximum atomic E-state index is 14.4. The molecule has 8 heteroatoms. The summed E-state index contributed by atoms with van der Waals surface area (Å²) in [6, 6.07) is 9.65. The lowest BCUT2D eigenvalue weighted by Crippen LogP contribution is -2.55. The number of ether oxygens (including phenoxy) is 2. The molecule has 2 aromatic carbocycles. The average Bonchev–Trinajstić information content (AvgIpc) is 3.68. The summed E-state index contributed by atoms with van der Waals surface area (Å²) in [5, 5.41) is 3.60. The highest BCUT2D eigenvalue weighted by atomic mass is 35.5. The minimum Gasteiger partial charge on any atom is -0.493 e. The fourth-order valence-electron chi connectivity index (χ4n) is 5.33. The Morgan fingerprint density at radius 1 is 1.08 bits per heavy atom. The van der Waals surface area contributed by atoms with Crippen LogP contribution in [0.25, 0.3) is 0 Å². The summed E-state index contributed by atoms with van der Waals surface area (Å²) in [4.78, 5) is 27.6. The highest BCUT2D eigenvalue weighted by Gasteiger charge is 2.47. The lowest BCUT2D eigenvalue weighted by Gasteiger charge is -2.52. The molecule has 2 aromatic rings. The van der Waals surface area contributed by atoms with Gasteiger partial charge in [0, 0.05) is 29.7 Å². The zero-order valence-electron chi connectivity index (χ0n) is 20.5. The standard InChI is InChI=1S/C28H32ClFN2O4/c1-2-35-24-8-6-20(29)14-22(24)26(33)31-21-15-28(16-21)9-11-32(12-10-28)27(34)19-5-7-25(23(30)13-19)36-17-18-3-4-18/h5-8,13-14,18,21H,2-4,9-12,15-17H2,1H3,(H,31,33). The molecule has 3 aliphatic rings. The van der Waals surface area contributed by atoms with Gasteiger partial charge in [-0.2, -0.15) is 0 Å². The summed E-state index contributed by atoms with van der Waals surface area (Å²) in [6.45, 7) is 4.13. The van der Waals surface area contributed by atoms with Gasteiger partial charge < -0.3 is 19.7 Å². The van der Waals surface area contributed by atoms with Crippen LogP contribution in [0.15, 0.2) is 36.4 Å². The quantitative estimate of drug-likeness (QED) is 0.506. The zero-order chi connectivity index (χ0) is 25.3. The molecule has 5 rings (SSSR count). The first kappa shape index (κ1) is 24.9. The summed E-state index contributed by atoms with van der Waals surface area (Å²) in [5.41, 5.74) is 0.937. The Hall–Kier alpha value is -2.80. The van der Waals surface area contributed by atoms with E-state index in [1.165, 1.54) is 6.07 Å². The van der Waals surface area contributed by atoms with Crippen molar-refractivity contribution >= 4 is 23.4 Å². The van der Waals surface area contributed by atoms with Crippen LogP contribution in [0.2, 0.25) is 5.02 Å². The van der Waals surface area contributed by atoms with Gasteiger partial charge in [0.15, 0.2) is 11.6 Å². The molecular formula is C28H32ClFN2O4. The monoisotopic (exact) mass is 514 g/mol. The predicted octanol–water partition coefficient (Wildman–Crippen LogP) is 5.48. The molecule has 6 nitrogen and oxygen atoms in total. The summed E-state index contributed by atoms with van der Waals surface area (Å²) in [5.74, 6) is 0.463. The number of likely N-dealkylation sites (tertiary alicyclic amines) is 1. The van der Waals surface area contributed by atoms with Gasteiger partial charge in [0.25, 0.3) is 11.8 Å². The van der Waals surface area contributed by atoms with Crippen molar-refractivity contribution in [3.63, 3.8) is 0 Å². The third-order valence-electron chi connectivity index (χ3n) is 7.64. The zero-order valence-corrected chi connectivity index (χ0v) is 21.3. The van der Waals surface area contributed by atoms with Crippen molar-refractivity contribution in [3.05, 3.63) is 58.4 Å². The number of rotatable bonds is 8. The Balaban J connectivity index is 1.11. The SMILES string of the molecule is CCOc1ccc(Cl)cc1C(=O)NC1CC2(CCN(C(=O)c3ccc(OCC4CC4)c(F)c3)CC2)C1. The second-order valence-electron chi connectivity index (χ2n) is 10.3. The molecule has 0 radical (unpaired) electrons. The van der Waals surface area contributed by atoms with E-state index in [-0.39, 0.29) is 29.0 Å². The van der Waals surface area contributed by atoms with Gasteiger partial charge in [-0.05, 0) is 93.2 Å². The number of carbonyl (C=O) groups is 2. The van der Waals surface area contributed by atoms with Crippen molar-refractivity contribution in [3.8, 4) is 11.5 Å². The Bertz CT molecular complexity index is 1140. The highest BCUT2D eigenvalue weighted by molar-refractivity contribution is 6.31. The first-order valence-electron chi connectivity index (χ1n) is 12.8. The molecule has 0 aromatic heterocycles. The van der Waals surface area contributed by atoms with E-state index < -0.39 is 5.82 Å². The Kier molecular flexibility index (Phi) is 7.11. The number of nitrogens with zero attached hydrogens (tertiary/aromatic N) is 1. The molecule has 192 valence electrons. The number of amides is 2. The van der Waals surface area contributed by atoms with Gasteiger partial charge in [0.05, 0.1) is 18.8 Å². The van der Waals surface area contributed by atoms with Crippen LogP contribution >= 0.6 is 11.6 Å². The van der Waals surface area contributed by atoms with E-state index in [4.69, 9.17) is 21.1 Å². The normalized spacial score (nSPS) is 19.0. The van der Waals surface area contributed by atoms with Crippen molar-refractivity contribution in [2.75, 3.05) is 26.3 Å². The predicted molar refractivity (Wildman–Crippen MR) is 135 cm³/mol. The third-order valence-corrected chi connectivity index (χ3v) is 7.88. The van der Waals surface area contributed by atoms with Crippen LogP contribution in [-0.4, -0.2) is 49.1 Å². The summed E-state index contributed by atoms with van der Waals surface area (Å²) in [7, 11) is 0. The molecule has 0 bridgehead atoms. The van der Waals surface area contributed by atoms with Gasteiger partial charge >= 0.3 is 0 Å². The fraction of sp³-hybridized carbons (Fsp3) is 0.500. The molecule has 2 aliphatic carbocycles. The molecule has 1 aliphatic heterocycles. The fourth-order valence-corrected chi connectivity index (χ4v) is 5.50. The molecular weight excluding hydrogens is 483 g/mol. The van der Waals surface area contributed by atoms with Crippen molar-refractivity contribution in [1.82, 2.24) is 10.2 Å². The second-order valence-corrected chi connectivity index (χ2v) is 10.8. The molecule has 36 heavy (non-hydrogen) atoms. The van der Waals surface area contributed by atoms with E-state index in [1.54, 1.807) is 35.2 Å². The van der Waals surface area contributed by atoms with E-state index in [0.29, 0.717) is 54.1 Å². The van der Waals surface area contributed by atoms with Gasteiger partial charge in [-0.3, -0.25) is 9.59 Å². The number of halogens is 2. The van der Waals surface area contributed by atoms with Gasteiger partial charge in [0.2, 0.25) is 0 Å². The molecule has 1 spiro atoms. The van der Waals surface area contributed by atoms with Crippen LogP contribution in [0.3, 0.4) is 0 Å². The topological polar surface area (TPSA) is 67.9 Å².